The predicted octanol–water partition coefficient (Wildman–Crippen LogP) is 9.24. The summed E-state index contributed by atoms with van der Waals surface area (Å²) in [6, 6.07) is 17.6. The fourth-order valence-electron chi connectivity index (χ4n) is 3.33. The van der Waals surface area contributed by atoms with Crippen LogP contribution in [0.2, 0.25) is 0 Å². The molecular formula is C23H22Br2S4. The second kappa shape index (κ2) is 9.83. The minimum Gasteiger partial charge on any atom is -0.129 e. The molecule has 0 atom stereocenters. The van der Waals surface area contributed by atoms with E-state index in [1.54, 1.807) is 0 Å². The van der Waals surface area contributed by atoms with Crippen molar-refractivity contribution >= 4 is 88.7 Å². The average molecular weight is 587 g/mol. The van der Waals surface area contributed by atoms with Crippen LogP contribution in [0.5, 0.6) is 0 Å². The maximum Gasteiger partial charge on any atom is 0.0237 e. The summed E-state index contributed by atoms with van der Waals surface area (Å²) >= 11 is 15.3. The lowest BCUT2D eigenvalue weighted by Crippen LogP contribution is -2.31. The first-order valence-electron chi connectivity index (χ1n) is 9.41. The van der Waals surface area contributed by atoms with Crippen LogP contribution < -0.4 is 0 Å². The monoisotopic (exact) mass is 584 g/mol. The molecule has 0 N–H and O–H groups in total. The van der Waals surface area contributed by atoms with Gasteiger partial charge in [-0.3, -0.25) is 0 Å². The first-order valence-corrected chi connectivity index (χ1v) is 14.9. The molecule has 2 aliphatic heterocycles. The fourth-order valence-corrected chi connectivity index (χ4v) is 10.0. The second-order valence-corrected chi connectivity index (χ2v) is 13.6. The molecule has 0 unspecified atom stereocenters. The molecule has 0 saturated heterocycles. The van der Waals surface area contributed by atoms with Gasteiger partial charge in [-0.05, 0) is 59.1 Å². The van der Waals surface area contributed by atoms with Crippen LogP contribution in [0, 0.1) is 5.41 Å². The summed E-state index contributed by atoms with van der Waals surface area (Å²) in [5.74, 6) is 4.77. The third-order valence-electron chi connectivity index (χ3n) is 5.09. The highest BCUT2D eigenvalue weighted by Crippen LogP contribution is 2.52. The van der Waals surface area contributed by atoms with Gasteiger partial charge in [0.15, 0.2) is 0 Å². The minimum atomic E-state index is 0.349. The maximum atomic E-state index is 3.56. The molecule has 1 spiro atoms. The molecule has 4 rings (SSSR count). The highest BCUT2D eigenvalue weighted by molar-refractivity contribution is 9.10. The van der Waals surface area contributed by atoms with Gasteiger partial charge in [-0.2, -0.15) is 0 Å². The molecule has 0 fully saturated rings. The lowest BCUT2D eigenvalue weighted by atomic mass is 9.99. The summed E-state index contributed by atoms with van der Waals surface area (Å²) in [6.45, 7) is 4.59. The van der Waals surface area contributed by atoms with E-state index < -0.39 is 0 Å². The van der Waals surface area contributed by atoms with Crippen molar-refractivity contribution in [2.75, 3.05) is 23.0 Å². The minimum absolute atomic E-state index is 0.349. The highest BCUT2D eigenvalue weighted by Gasteiger charge is 2.36. The molecule has 0 nitrogen and oxygen atoms in total. The van der Waals surface area contributed by atoms with Crippen LogP contribution in [0.3, 0.4) is 0 Å². The molecule has 0 saturated carbocycles. The molecule has 0 radical (unpaired) electrons. The molecule has 152 valence electrons. The van der Waals surface area contributed by atoms with Gasteiger partial charge in [0.05, 0.1) is 0 Å². The van der Waals surface area contributed by atoms with Gasteiger partial charge in [0.1, 0.15) is 0 Å². The zero-order valence-electron chi connectivity index (χ0n) is 16.3. The Morgan fingerprint density at radius 1 is 0.586 bits per heavy atom. The summed E-state index contributed by atoms with van der Waals surface area (Å²) in [4.78, 5) is 5.84. The van der Waals surface area contributed by atoms with Crippen LogP contribution in [0.1, 0.15) is 25.0 Å². The van der Waals surface area contributed by atoms with Crippen LogP contribution >= 0.6 is 78.9 Å². The quantitative estimate of drug-likeness (QED) is 0.344. The Morgan fingerprint density at radius 2 is 0.931 bits per heavy atom. The molecule has 6 heteroatoms. The van der Waals surface area contributed by atoms with Gasteiger partial charge < -0.3 is 0 Å². The number of allylic oxidation sites excluding steroid dienone is 2. The molecule has 0 amide bonds. The number of halogens is 2. The highest BCUT2D eigenvalue weighted by atomic mass is 79.9. The molecule has 0 aliphatic carbocycles. The Kier molecular flexibility index (Phi) is 7.61. The van der Waals surface area contributed by atoms with E-state index in [0.717, 1.165) is 8.95 Å². The molecule has 2 aliphatic rings. The van der Waals surface area contributed by atoms with Gasteiger partial charge in [-0.1, -0.05) is 56.1 Å². The van der Waals surface area contributed by atoms with Crippen molar-refractivity contribution in [2.24, 2.45) is 5.41 Å². The number of hydrogen-bond acceptors (Lipinski definition) is 4. The van der Waals surface area contributed by atoms with E-state index in [1.807, 2.05) is 0 Å². The number of hydrogen-bond donors (Lipinski definition) is 0. The standard InChI is InChI=1S/C23H22Br2S4/c1-15-21(17-3-7-19(24)8-4-17)28-13-23(11-26-15)12-27-16(2)22(29-14-23)18-5-9-20(25)10-6-18/h3-10H,11-14H2,1-2H3. The first kappa shape index (κ1) is 22.5. The zero-order valence-corrected chi connectivity index (χ0v) is 22.8. The van der Waals surface area contributed by atoms with Gasteiger partial charge in [-0.15, -0.1) is 47.0 Å². The molecule has 0 bridgehead atoms. The van der Waals surface area contributed by atoms with Crippen molar-refractivity contribution in [1.82, 2.24) is 0 Å². The van der Waals surface area contributed by atoms with Crippen molar-refractivity contribution in [2.45, 2.75) is 13.8 Å². The van der Waals surface area contributed by atoms with E-state index in [0.29, 0.717) is 5.41 Å². The summed E-state index contributed by atoms with van der Waals surface area (Å²) in [7, 11) is 0. The van der Waals surface area contributed by atoms with Gasteiger partial charge in [0, 0.05) is 47.2 Å². The zero-order chi connectivity index (χ0) is 20.4. The first-order chi connectivity index (χ1) is 14.0. The topological polar surface area (TPSA) is 0 Å². The smallest absolute Gasteiger partial charge is 0.0237 e. The number of rotatable bonds is 2. The normalized spacial score (nSPS) is 20.0. The predicted molar refractivity (Wildman–Crippen MR) is 146 cm³/mol. The fraction of sp³-hybridized carbons (Fsp3) is 0.304. The van der Waals surface area contributed by atoms with Crippen LogP contribution in [0.25, 0.3) is 9.81 Å². The van der Waals surface area contributed by atoms with Gasteiger partial charge in [-0.25, -0.2) is 0 Å². The number of benzene rings is 2. The van der Waals surface area contributed by atoms with Crippen molar-refractivity contribution in [1.29, 1.82) is 0 Å². The molecule has 2 aromatic carbocycles. The summed E-state index contributed by atoms with van der Waals surface area (Å²) < 4.78 is 2.28. The largest absolute Gasteiger partial charge is 0.129 e. The Bertz CT molecular complexity index is 866. The lowest BCUT2D eigenvalue weighted by Gasteiger charge is -2.30. The molecule has 2 aromatic rings. The van der Waals surface area contributed by atoms with Crippen molar-refractivity contribution in [3.05, 3.63) is 78.4 Å². The van der Waals surface area contributed by atoms with Crippen molar-refractivity contribution in [3.63, 3.8) is 0 Å². The lowest BCUT2D eigenvalue weighted by molar-refractivity contribution is 0.519. The number of thioether (sulfide) groups is 4. The van der Waals surface area contributed by atoms with Crippen LogP contribution in [-0.2, 0) is 0 Å². The Labute approximate surface area is 207 Å². The summed E-state index contributed by atoms with van der Waals surface area (Å²) in [5.41, 5.74) is 3.04. The van der Waals surface area contributed by atoms with Crippen LogP contribution in [0.4, 0.5) is 0 Å². The van der Waals surface area contributed by atoms with E-state index in [1.165, 1.54) is 53.8 Å². The molecular weight excluding hydrogens is 564 g/mol. The van der Waals surface area contributed by atoms with Crippen LogP contribution in [0.15, 0.2) is 67.3 Å². The molecule has 0 aromatic heterocycles. The Morgan fingerprint density at radius 3 is 1.31 bits per heavy atom. The third kappa shape index (κ3) is 5.38. The van der Waals surface area contributed by atoms with E-state index in [9.17, 15) is 0 Å². The Balaban J connectivity index is 1.51. The summed E-state index contributed by atoms with van der Waals surface area (Å²) in [5, 5.41) is 0. The van der Waals surface area contributed by atoms with E-state index in [4.69, 9.17) is 0 Å². The van der Waals surface area contributed by atoms with E-state index >= 15 is 0 Å². The van der Waals surface area contributed by atoms with Crippen molar-refractivity contribution < 1.29 is 0 Å². The molecule has 29 heavy (non-hydrogen) atoms. The third-order valence-corrected chi connectivity index (χ3v) is 12.4. The SMILES string of the molecule is CC1=C(c2ccc(Br)cc2)SCC2(CS1)CSC(C)=C(c1ccc(Br)cc1)SC2. The van der Waals surface area contributed by atoms with Crippen LogP contribution in [-0.4, -0.2) is 23.0 Å². The van der Waals surface area contributed by atoms with Gasteiger partial charge in [0.2, 0.25) is 0 Å². The van der Waals surface area contributed by atoms with E-state index in [2.05, 4.69) is 141 Å². The maximum absolute atomic E-state index is 3.56. The second-order valence-electron chi connectivity index (χ2n) is 7.44. The van der Waals surface area contributed by atoms with Crippen molar-refractivity contribution in [3.8, 4) is 0 Å². The van der Waals surface area contributed by atoms with E-state index in [-0.39, 0.29) is 0 Å². The molecule has 2 heterocycles. The average Bonchev–Trinajstić information content (AvgIpc) is 2.98. The van der Waals surface area contributed by atoms with Gasteiger partial charge in [0.25, 0.3) is 0 Å². The van der Waals surface area contributed by atoms with Gasteiger partial charge >= 0.3 is 0 Å². The Hall–Kier alpha value is 0.280. The summed E-state index contributed by atoms with van der Waals surface area (Å²) in [6.07, 6.45) is 0.